The number of anilines is 2. The molecule has 18 heavy (non-hydrogen) atoms. The zero-order chi connectivity index (χ0) is 13.0. The first-order valence-corrected chi connectivity index (χ1v) is 6.79. The van der Waals surface area contributed by atoms with Crippen LogP contribution in [-0.4, -0.2) is 40.5 Å². The summed E-state index contributed by atoms with van der Waals surface area (Å²) < 4.78 is 0. The largest absolute Gasteiger partial charge is 0.383 e. The summed E-state index contributed by atoms with van der Waals surface area (Å²) in [6.07, 6.45) is 5.03. The van der Waals surface area contributed by atoms with Crippen LogP contribution in [0.15, 0.2) is 6.33 Å². The standard InChI is InChI=1S/C13H23N5/c1-3-11-12(14)15-9-16-13(11)17-10(2)8-18-6-4-5-7-18/h9-10H,3-8H2,1-2H3,(H3,14,15,16,17). The van der Waals surface area contributed by atoms with Gasteiger partial charge in [0.05, 0.1) is 0 Å². The van der Waals surface area contributed by atoms with Crippen molar-refractivity contribution in [2.75, 3.05) is 30.7 Å². The molecule has 1 fully saturated rings. The first kappa shape index (κ1) is 13.1. The molecule has 0 spiro atoms. The van der Waals surface area contributed by atoms with Crippen molar-refractivity contribution >= 4 is 11.6 Å². The highest BCUT2D eigenvalue weighted by Gasteiger charge is 2.16. The monoisotopic (exact) mass is 249 g/mol. The van der Waals surface area contributed by atoms with Crippen LogP contribution in [0, 0.1) is 0 Å². The normalized spacial score (nSPS) is 17.9. The van der Waals surface area contributed by atoms with Crippen LogP contribution >= 0.6 is 0 Å². The first-order chi connectivity index (χ1) is 8.70. The highest BCUT2D eigenvalue weighted by Crippen LogP contribution is 2.18. The molecular weight excluding hydrogens is 226 g/mol. The van der Waals surface area contributed by atoms with E-state index in [1.54, 1.807) is 0 Å². The molecule has 1 aromatic rings. The molecule has 0 aliphatic carbocycles. The fourth-order valence-corrected chi connectivity index (χ4v) is 2.53. The van der Waals surface area contributed by atoms with Gasteiger partial charge in [-0.3, -0.25) is 0 Å². The molecule has 1 unspecified atom stereocenters. The van der Waals surface area contributed by atoms with E-state index in [4.69, 9.17) is 5.73 Å². The van der Waals surface area contributed by atoms with Crippen LogP contribution < -0.4 is 11.1 Å². The molecule has 5 heteroatoms. The van der Waals surface area contributed by atoms with Crippen LogP contribution in [0.3, 0.4) is 0 Å². The van der Waals surface area contributed by atoms with Crippen LogP contribution in [0.1, 0.15) is 32.3 Å². The molecule has 1 saturated heterocycles. The summed E-state index contributed by atoms with van der Waals surface area (Å²) in [5.41, 5.74) is 6.89. The number of nitrogen functional groups attached to an aromatic ring is 1. The van der Waals surface area contributed by atoms with Gasteiger partial charge in [0.1, 0.15) is 18.0 Å². The Hall–Kier alpha value is -1.36. The molecule has 2 heterocycles. The molecule has 0 amide bonds. The molecule has 0 bridgehead atoms. The second-order valence-electron chi connectivity index (χ2n) is 4.99. The smallest absolute Gasteiger partial charge is 0.134 e. The molecule has 3 N–H and O–H groups in total. The third-order valence-electron chi connectivity index (χ3n) is 3.45. The van der Waals surface area contributed by atoms with E-state index >= 15 is 0 Å². The van der Waals surface area contributed by atoms with Gasteiger partial charge in [-0.1, -0.05) is 6.92 Å². The predicted molar refractivity (Wildman–Crippen MR) is 74.6 cm³/mol. The van der Waals surface area contributed by atoms with Crippen molar-refractivity contribution in [3.8, 4) is 0 Å². The number of hydrogen-bond acceptors (Lipinski definition) is 5. The van der Waals surface area contributed by atoms with Crippen LogP contribution in [-0.2, 0) is 6.42 Å². The minimum absolute atomic E-state index is 0.377. The van der Waals surface area contributed by atoms with E-state index in [1.807, 2.05) is 0 Å². The molecule has 5 nitrogen and oxygen atoms in total. The third-order valence-corrected chi connectivity index (χ3v) is 3.45. The lowest BCUT2D eigenvalue weighted by Gasteiger charge is -2.22. The Morgan fingerprint density at radius 3 is 2.78 bits per heavy atom. The van der Waals surface area contributed by atoms with Gasteiger partial charge < -0.3 is 16.0 Å². The Kier molecular flexibility index (Phi) is 4.36. The number of nitrogens with zero attached hydrogens (tertiary/aromatic N) is 3. The SMILES string of the molecule is CCc1c(N)ncnc1NC(C)CN1CCCC1. The van der Waals surface area contributed by atoms with Gasteiger partial charge in [-0.2, -0.15) is 0 Å². The Morgan fingerprint density at radius 1 is 1.39 bits per heavy atom. The lowest BCUT2D eigenvalue weighted by atomic mass is 10.2. The number of likely N-dealkylation sites (tertiary alicyclic amines) is 1. The van der Waals surface area contributed by atoms with Gasteiger partial charge in [-0.25, -0.2) is 9.97 Å². The molecule has 1 aliphatic rings. The lowest BCUT2D eigenvalue weighted by Crippen LogP contribution is -2.33. The van der Waals surface area contributed by atoms with E-state index in [0.717, 1.165) is 24.3 Å². The minimum Gasteiger partial charge on any atom is -0.383 e. The zero-order valence-electron chi connectivity index (χ0n) is 11.3. The maximum Gasteiger partial charge on any atom is 0.134 e. The molecule has 1 aliphatic heterocycles. The van der Waals surface area contributed by atoms with Crippen molar-refractivity contribution < 1.29 is 0 Å². The summed E-state index contributed by atoms with van der Waals surface area (Å²) in [6.45, 7) is 7.77. The van der Waals surface area contributed by atoms with Gasteiger partial charge in [0, 0.05) is 18.2 Å². The predicted octanol–water partition coefficient (Wildman–Crippen LogP) is 1.52. The van der Waals surface area contributed by atoms with Crippen molar-refractivity contribution in [2.24, 2.45) is 0 Å². The number of hydrogen-bond donors (Lipinski definition) is 2. The summed E-state index contributed by atoms with van der Waals surface area (Å²) in [5.74, 6) is 1.47. The highest BCUT2D eigenvalue weighted by atomic mass is 15.2. The number of rotatable bonds is 5. The summed E-state index contributed by atoms with van der Waals surface area (Å²) in [5, 5.41) is 3.46. The van der Waals surface area contributed by atoms with Gasteiger partial charge in [0.15, 0.2) is 0 Å². The van der Waals surface area contributed by atoms with Crippen LogP contribution in [0.2, 0.25) is 0 Å². The maximum atomic E-state index is 5.87. The second-order valence-corrected chi connectivity index (χ2v) is 4.99. The van der Waals surface area contributed by atoms with E-state index < -0.39 is 0 Å². The molecule has 0 aromatic carbocycles. The Labute approximate surface area is 109 Å². The van der Waals surface area contributed by atoms with Crippen molar-refractivity contribution in [3.63, 3.8) is 0 Å². The molecule has 0 saturated carbocycles. The van der Waals surface area contributed by atoms with E-state index in [1.165, 1.54) is 32.3 Å². The first-order valence-electron chi connectivity index (χ1n) is 6.79. The molecule has 1 aromatic heterocycles. The van der Waals surface area contributed by atoms with Crippen LogP contribution in [0.5, 0.6) is 0 Å². The summed E-state index contributed by atoms with van der Waals surface area (Å²) in [6, 6.07) is 0.377. The van der Waals surface area contributed by atoms with Crippen molar-refractivity contribution in [3.05, 3.63) is 11.9 Å². The van der Waals surface area contributed by atoms with Crippen molar-refractivity contribution in [1.29, 1.82) is 0 Å². The fourth-order valence-electron chi connectivity index (χ4n) is 2.53. The van der Waals surface area contributed by atoms with E-state index in [0.29, 0.717) is 11.9 Å². The van der Waals surface area contributed by atoms with E-state index in [-0.39, 0.29) is 0 Å². The van der Waals surface area contributed by atoms with Gasteiger partial charge in [-0.15, -0.1) is 0 Å². The lowest BCUT2D eigenvalue weighted by molar-refractivity contribution is 0.327. The second kappa shape index (κ2) is 6.00. The van der Waals surface area contributed by atoms with E-state index in [2.05, 4.69) is 34.0 Å². The minimum atomic E-state index is 0.377. The van der Waals surface area contributed by atoms with Gasteiger partial charge >= 0.3 is 0 Å². The van der Waals surface area contributed by atoms with Crippen LogP contribution in [0.4, 0.5) is 11.6 Å². The molecule has 2 rings (SSSR count). The van der Waals surface area contributed by atoms with Crippen molar-refractivity contribution in [1.82, 2.24) is 14.9 Å². The molecular formula is C13H23N5. The number of nitrogens with one attached hydrogen (secondary N) is 1. The molecule has 1 atom stereocenters. The van der Waals surface area contributed by atoms with Crippen molar-refractivity contribution in [2.45, 2.75) is 39.2 Å². The summed E-state index contributed by atoms with van der Waals surface area (Å²) in [4.78, 5) is 10.8. The Bertz CT molecular complexity index is 387. The van der Waals surface area contributed by atoms with E-state index in [9.17, 15) is 0 Å². The van der Waals surface area contributed by atoms with Gasteiger partial charge in [-0.05, 0) is 39.3 Å². The summed E-state index contributed by atoms with van der Waals surface area (Å²) in [7, 11) is 0. The number of aromatic nitrogens is 2. The maximum absolute atomic E-state index is 5.87. The zero-order valence-corrected chi connectivity index (χ0v) is 11.3. The third kappa shape index (κ3) is 3.10. The highest BCUT2D eigenvalue weighted by molar-refractivity contribution is 5.55. The van der Waals surface area contributed by atoms with Gasteiger partial charge in [0.2, 0.25) is 0 Å². The fraction of sp³-hybridized carbons (Fsp3) is 0.692. The topological polar surface area (TPSA) is 67.1 Å². The average Bonchev–Trinajstić information content (AvgIpc) is 2.82. The quantitative estimate of drug-likeness (QED) is 0.828. The number of nitrogens with two attached hydrogens (primary N) is 1. The molecule has 0 radical (unpaired) electrons. The molecule has 100 valence electrons. The van der Waals surface area contributed by atoms with Gasteiger partial charge in [0.25, 0.3) is 0 Å². The Morgan fingerprint density at radius 2 is 2.11 bits per heavy atom. The Balaban J connectivity index is 1.97. The van der Waals surface area contributed by atoms with Crippen LogP contribution in [0.25, 0.3) is 0 Å². The average molecular weight is 249 g/mol. The summed E-state index contributed by atoms with van der Waals surface area (Å²) >= 11 is 0.